The molecule has 2 saturated heterocycles. The van der Waals surface area contributed by atoms with E-state index in [2.05, 4.69) is 83.7 Å². The molecule has 0 aliphatic carbocycles. The van der Waals surface area contributed by atoms with Crippen molar-refractivity contribution in [1.29, 1.82) is 0 Å². The lowest BCUT2D eigenvalue weighted by molar-refractivity contribution is -0.135. The molecule has 3 atom stereocenters. The fraction of sp³-hybridized carbons (Fsp3) is 0.425. The average Bonchev–Trinajstić information content (AvgIpc) is 3.94. The van der Waals surface area contributed by atoms with E-state index in [0.29, 0.717) is 18.9 Å². The van der Waals surface area contributed by atoms with E-state index in [-0.39, 0.29) is 29.8 Å². The van der Waals surface area contributed by atoms with Gasteiger partial charge in [0.05, 0.1) is 41.3 Å². The number of nitrogens with one attached hydrogen (secondary N) is 3. The second-order valence-electron chi connectivity index (χ2n) is 14.7. The Hall–Kier alpha value is -5.19. The van der Waals surface area contributed by atoms with Crippen LogP contribution in [-0.2, 0) is 14.3 Å². The first-order valence-electron chi connectivity index (χ1n) is 18.1. The maximum Gasteiger partial charge on any atom is 0.407 e. The molecule has 11 nitrogen and oxygen atoms in total. The van der Waals surface area contributed by atoms with Crippen LogP contribution in [0.2, 0.25) is 0 Å². The van der Waals surface area contributed by atoms with Gasteiger partial charge in [-0.25, -0.2) is 14.8 Å². The zero-order chi connectivity index (χ0) is 35.8. The molecule has 266 valence electrons. The van der Waals surface area contributed by atoms with Gasteiger partial charge in [0.15, 0.2) is 0 Å². The number of carbonyl (C=O) groups excluding carboxylic acids is 3. The first-order chi connectivity index (χ1) is 24.6. The summed E-state index contributed by atoms with van der Waals surface area (Å²) in [5.74, 6) is 1.92. The molecule has 0 radical (unpaired) electrons. The standard InChI is InChI=1S/C40H47N7O4/c1-23(2)19-35(48)46-17-7-11-33(46)37-41-29-15-13-27(21-31(29)43-37)25-9-6-10-26(20-25)28-14-16-30-32(22-28)44-38(42-30)34-12-8-18-47(34)39(49)36(24(3)4)45-40(50)51-5/h6,9-10,13-16,20-24,33-34,36H,7-8,11-12,17-19H2,1-5H3,(H,41,43)(H,42,44)(H,45,50)/t33-,34-,36-/m0/s1. The fourth-order valence-electron chi connectivity index (χ4n) is 7.62. The van der Waals surface area contributed by atoms with Crippen molar-refractivity contribution in [2.45, 2.75) is 77.9 Å². The topological polar surface area (TPSA) is 136 Å². The lowest BCUT2D eigenvalue weighted by Gasteiger charge is -2.29. The van der Waals surface area contributed by atoms with Crippen molar-refractivity contribution in [3.8, 4) is 22.3 Å². The van der Waals surface area contributed by atoms with Crippen LogP contribution in [0.15, 0.2) is 60.7 Å². The Balaban J connectivity index is 1.11. The largest absolute Gasteiger partial charge is 0.453 e. The van der Waals surface area contributed by atoms with E-state index in [1.54, 1.807) is 0 Å². The van der Waals surface area contributed by atoms with Crippen molar-refractivity contribution in [1.82, 2.24) is 35.1 Å². The Morgan fingerprint density at radius 2 is 1.31 bits per heavy atom. The highest BCUT2D eigenvalue weighted by Gasteiger charge is 2.37. The van der Waals surface area contributed by atoms with Gasteiger partial charge in [0, 0.05) is 19.5 Å². The van der Waals surface area contributed by atoms with E-state index in [1.807, 2.05) is 29.7 Å². The molecule has 11 heteroatoms. The van der Waals surface area contributed by atoms with Crippen LogP contribution in [0.4, 0.5) is 4.79 Å². The molecule has 5 aromatic rings. The predicted molar refractivity (Wildman–Crippen MR) is 198 cm³/mol. The van der Waals surface area contributed by atoms with Gasteiger partial charge in [-0.15, -0.1) is 0 Å². The average molecular weight is 690 g/mol. The zero-order valence-corrected chi connectivity index (χ0v) is 30.0. The van der Waals surface area contributed by atoms with Gasteiger partial charge in [-0.3, -0.25) is 9.59 Å². The number of benzene rings is 3. The third-order valence-corrected chi connectivity index (χ3v) is 10.2. The van der Waals surface area contributed by atoms with Crippen molar-refractivity contribution >= 4 is 40.0 Å². The molecule has 4 heterocycles. The SMILES string of the molecule is COC(=O)N[C@H](C(=O)N1CCC[C@H]1c1nc2ccc(-c3cccc(-c4ccc5nc([C@@H]6CCCN6C(=O)CC(C)C)[nH]c5c4)c3)cc2[nH]1)C(C)C. The number of hydrogen-bond donors (Lipinski definition) is 3. The molecule has 2 aliphatic heterocycles. The highest BCUT2D eigenvalue weighted by atomic mass is 16.5. The van der Waals surface area contributed by atoms with Gasteiger partial charge in [-0.2, -0.15) is 0 Å². The quantitative estimate of drug-likeness (QED) is 0.146. The van der Waals surface area contributed by atoms with Crippen LogP contribution in [0.5, 0.6) is 0 Å². The number of rotatable bonds is 9. The molecule has 2 aliphatic rings. The number of H-pyrrole nitrogens is 2. The summed E-state index contributed by atoms with van der Waals surface area (Å²) in [5, 5.41) is 2.71. The lowest BCUT2D eigenvalue weighted by atomic mass is 9.98. The summed E-state index contributed by atoms with van der Waals surface area (Å²) in [4.78, 5) is 59.2. The Labute approximate surface area is 298 Å². The van der Waals surface area contributed by atoms with Gasteiger partial charge < -0.3 is 29.8 Å². The molecular weight excluding hydrogens is 642 g/mol. The number of nitrogens with zero attached hydrogens (tertiary/aromatic N) is 4. The van der Waals surface area contributed by atoms with E-state index < -0.39 is 12.1 Å². The third-order valence-electron chi connectivity index (χ3n) is 10.2. The molecule has 2 aromatic heterocycles. The third kappa shape index (κ3) is 6.94. The van der Waals surface area contributed by atoms with Crippen LogP contribution in [0.1, 0.15) is 83.5 Å². The Morgan fingerprint density at radius 1 is 0.784 bits per heavy atom. The van der Waals surface area contributed by atoms with Crippen LogP contribution in [-0.4, -0.2) is 73.9 Å². The second-order valence-corrected chi connectivity index (χ2v) is 14.7. The molecule has 0 unspecified atom stereocenters. The van der Waals surface area contributed by atoms with Crippen LogP contribution in [0.3, 0.4) is 0 Å². The summed E-state index contributed by atoms with van der Waals surface area (Å²) < 4.78 is 4.77. The van der Waals surface area contributed by atoms with Crippen LogP contribution >= 0.6 is 0 Å². The van der Waals surface area contributed by atoms with Crippen molar-refractivity contribution in [2.75, 3.05) is 20.2 Å². The number of methoxy groups -OCH3 is 1. The van der Waals surface area contributed by atoms with E-state index in [9.17, 15) is 14.4 Å². The lowest BCUT2D eigenvalue weighted by Crippen LogP contribution is -2.51. The Kier molecular flexibility index (Phi) is 9.54. The molecule has 3 aromatic carbocycles. The summed E-state index contributed by atoms with van der Waals surface area (Å²) >= 11 is 0. The van der Waals surface area contributed by atoms with Crippen molar-refractivity contribution in [3.05, 3.63) is 72.3 Å². The molecular formula is C40H47N7O4. The van der Waals surface area contributed by atoms with Crippen LogP contribution in [0.25, 0.3) is 44.3 Å². The van der Waals surface area contributed by atoms with Gasteiger partial charge in [-0.1, -0.05) is 58.0 Å². The molecule has 51 heavy (non-hydrogen) atoms. The van der Waals surface area contributed by atoms with E-state index in [0.717, 1.165) is 88.2 Å². The highest BCUT2D eigenvalue weighted by Crippen LogP contribution is 2.36. The fourth-order valence-corrected chi connectivity index (χ4v) is 7.62. The molecule has 0 saturated carbocycles. The summed E-state index contributed by atoms with van der Waals surface area (Å²) in [7, 11) is 1.30. The first kappa shape index (κ1) is 34.3. The second kappa shape index (κ2) is 14.2. The Morgan fingerprint density at radius 3 is 1.84 bits per heavy atom. The van der Waals surface area contributed by atoms with Gasteiger partial charge in [0.2, 0.25) is 11.8 Å². The maximum atomic E-state index is 13.6. The number of likely N-dealkylation sites (tertiary alicyclic amines) is 2. The van der Waals surface area contributed by atoms with Crippen molar-refractivity contribution in [2.24, 2.45) is 11.8 Å². The summed E-state index contributed by atoms with van der Waals surface area (Å²) in [6.07, 6.45) is 3.50. The number of amides is 3. The van der Waals surface area contributed by atoms with Crippen molar-refractivity contribution in [3.63, 3.8) is 0 Å². The number of fused-ring (bicyclic) bond motifs is 2. The Bertz CT molecular complexity index is 2080. The van der Waals surface area contributed by atoms with Gasteiger partial charge >= 0.3 is 6.09 Å². The first-order valence-corrected chi connectivity index (χ1v) is 18.1. The van der Waals surface area contributed by atoms with E-state index in [4.69, 9.17) is 14.7 Å². The number of aromatic nitrogens is 4. The molecule has 2 fully saturated rings. The number of imidazole rings is 2. The number of carbonyl (C=O) groups is 3. The molecule has 7 rings (SSSR count). The number of hydrogen-bond acceptors (Lipinski definition) is 6. The van der Waals surface area contributed by atoms with E-state index in [1.165, 1.54) is 7.11 Å². The molecule has 3 amide bonds. The predicted octanol–water partition coefficient (Wildman–Crippen LogP) is 7.53. The minimum Gasteiger partial charge on any atom is -0.453 e. The zero-order valence-electron chi connectivity index (χ0n) is 30.0. The van der Waals surface area contributed by atoms with Crippen LogP contribution < -0.4 is 5.32 Å². The minimum absolute atomic E-state index is 0.00824. The molecule has 0 bridgehead atoms. The highest BCUT2D eigenvalue weighted by molar-refractivity contribution is 5.88. The normalized spacial score (nSPS) is 18.3. The number of ether oxygens (including phenoxy) is 1. The summed E-state index contributed by atoms with van der Waals surface area (Å²) in [6, 6.07) is 20.1. The molecule has 3 N–H and O–H groups in total. The number of aromatic amines is 2. The molecule has 0 spiro atoms. The van der Waals surface area contributed by atoms with Crippen LogP contribution in [0, 0.1) is 11.8 Å². The minimum atomic E-state index is -0.680. The van der Waals surface area contributed by atoms with E-state index >= 15 is 0 Å². The van der Waals surface area contributed by atoms with Gasteiger partial charge in [0.25, 0.3) is 0 Å². The van der Waals surface area contributed by atoms with Crippen molar-refractivity contribution < 1.29 is 19.1 Å². The summed E-state index contributed by atoms with van der Waals surface area (Å²) in [6.45, 7) is 9.38. The van der Waals surface area contributed by atoms with Gasteiger partial charge in [-0.05, 0) is 90.1 Å². The summed E-state index contributed by atoms with van der Waals surface area (Å²) in [5.41, 5.74) is 7.90. The smallest absolute Gasteiger partial charge is 0.407 e. The number of alkyl carbamates (subject to hydrolysis) is 1. The monoisotopic (exact) mass is 689 g/mol. The maximum absolute atomic E-state index is 13.6. The van der Waals surface area contributed by atoms with Gasteiger partial charge in [0.1, 0.15) is 17.7 Å².